The van der Waals surface area contributed by atoms with Gasteiger partial charge in [0, 0.05) is 15.3 Å². The van der Waals surface area contributed by atoms with Gasteiger partial charge in [-0.1, -0.05) is 33.1 Å². The summed E-state index contributed by atoms with van der Waals surface area (Å²) in [6, 6.07) is 0. The fourth-order valence-corrected chi connectivity index (χ4v) is 4.27. The number of aldehydes is 1. The van der Waals surface area contributed by atoms with E-state index in [0.717, 1.165) is 11.8 Å². The van der Waals surface area contributed by atoms with Crippen molar-refractivity contribution in [1.29, 1.82) is 0 Å². The summed E-state index contributed by atoms with van der Waals surface area (Å²) >= 11 is 1.84. The summed E-state index contributed by atoms with van der Waals surface area (Å²) in [4.78, 5) is 14.1. The van der Waals surface area contributed by atoms with E-state index in [0.29, 0.717) is 11.8 Å². The number of hydrogen-bond donors (Lipinski definition) is 0. The SMILES string of the molecule is Cc1sc(C(C)C)c(C=O)c1C1CCCCC1. The number of rotatable bonds is 3. The van der Waals surface area contributed by atoms with Crippen LogP contribution in [-0.2, 0) is 0 Å². The van der Waals surface area contributed by atoms with E-state index in [2.05, 4.69) is 20.8 Å². The fraction of sp³-hybridized carbons (Fsp3) is 0.667. The Morgan fingerprint density at radius 1 is 1.24 bits per heavy atom. The molecule has 2 heteroatoms. The topological polar surface area (TPSA) is 17.1 Å². The smallest absolute Gasteiger partial charge is 0.151 e. The zero-order chi connectivity index (χ0) is 12.4. The van der Waals surface area contributed by atoms with Gasteiger partial charge in [0.05, 0.1) is 0 Å². The quantitative estimate of drug-likeness (QED) is 0.687. The molecule has 1 fully saturated rings. The third-order valence-electron chi connectivity index (χ3n) is 3.85. The number of thiophene rings is 1. The zero-order valence-corrected chi connectivity index (χ0v) is 11.9. The minimum Gasteiger partial charge on any atom is -0.298 e. The van der Waals surface area contributed by atoms with Gasteiger partial charge in [-0.15, -0.1) is 11.3 Å². The molecule has 0 unspecified atom stereocenters. The van der Waals surface area contributed by atoms with E-state index in [1.54, 1.807) is 0 Å². The molecule has 94 valence electrons. The van der Waals surface area contributed by atoms with E-state index in [1.807, 2.05) is 11.3 Å². The third-order valence-corrected chi connectivity index (χ3v) is 5.29. The van der Waals surface area contributed by atoms with Crippen LogP contribution in [0.15, 0.2) is 0 Å². The zero-order valence-electron chi connectivity index (χ0n) is 11.1. The second kappa shape index (κ2) is 5.34. The van der Waals surface area contributed by atoms with Gasteiger partial charge in [-0.25, -0.2) is 0 Å². The van der Waals surface area contributed by atoms with Crippen LogP contribution in [-0.4, -0.2) is 6.29 Å². The van der Waals surface area contributed by atoms with Crippen molar-refractivity contribution in [3.8, 4) is 0 Å². The van der Waals surface area contributed by atoms with Crippen molar-refractivity contribution in [1.82, 2.24) is 0 Å². The highest BCUT2D eigenvalue weighted by atomic mass is 32.1. The second-order valence-corrected chi connectivity index (χ2v) is 6.71. The van der Waals surface area contributed by atoms with E-state index >= 15 is 0 Å². The van der Waals surface area contributed by atoms with Gasteiger partial charge in [-0.05, 0) is 37.2 Å². The minimum absolute atomic E-state index is 0.469. The minimum atomic E-state index is 0.469. The van der Waals surface area contributed by atoms with Crippen molar-refractivity contribution in [2.75, 3.05) is 0 Å². The average Bonchev–Trinajstić information content (AvgIpc) is 2.67. The number of carbonyl (C=O) groups excluding carboxylic acids is 1. The summed E-state index contributed by atoms with van der Waals surface area (Å²) in [5.74, 6) is 1.11. The molecule has 1 aromatic rings. The molecule has 2 rings (SSSR count). The number of aryl methyl sites for hydroxylation is 1. The predicted octanol–water partition coefficient (Wildman–Crippen LogP) is 5.04. The molecule has 0 amide bonds. The maximum atomic E-state index is 11.4. The lowest BCUT2D eigenvalue weighted by molar-refractivity contribution is 0.112. The molecular weight excluding hydrogens is 228 g/mol. The van der Waals surface area contributed by atoms with Crippen molar-refractivity contribution >= 4 is 17.6 Å². The van der Waals surface area contributed by atoms with Crippen molar-refractivity contribution in [2.45, 2.75) is 64.7 Å². The molecule has 0 aromatic carbocycles. The lowest BCUT2D eigenvalue weighted by atomic mass is 9.82. The van der Waals surface area contributed by atoms with E-state index < -0.39 is 0 Å². The Balaban J connectivity index is 2.40. The van der Waals surface area contributed by atoms with Crippen molar-refractivity contribution in [3.63, 3.8) is 0 Å². The van der Waals surface area contributed by atoms with Gasteiger partial charge in [0.1, 0.15) is 0 Å². The molecular formula is C15H22OS. The highest BCUT2D eigenvalue weighted by Gasteiger charge is 2.25. The molecule has 0 spiro atoms. The predicted molar refractivity (Wildman–Crippen MR) is 74.4 cm³/mol. The van der Waals surface area contributed by atoms with Gasteiger partial charge >= 0.3 is 0 Å². The van der Waals surface area contributed by atoms with Gasteiger partial charge in [-0.2, -0.15) is 0 Å². The Morgan fingerprint density at radius 3 is 2.41 bits per heavy atom. The van der Waals surface area contributed by atoms with Gasteiger partial charge in [0.15, 0.2) is 6.29 Å². The van der Waals surface area contributed by atoms with E-state index in [4.69, 9.17) is 0 Å². The van der Waals surface area contributed by atoms with Crippen LogP contribution in [0.5, 0.6) is 0 Å². The molecule has 1 aliphatic rings. The van der Waals surface area contributed by atoms with Crippen LogP contribution in [0.4, 0.5) is 0 Å². The normalized spacial score (nSPS) is 17.6. The van der Waals surface area contributed by atoms with E-state index in [-0.39, 0.29) is 0 Å². The molecule has 17 heavy (non-hydrogen) atoms. The summed E-state index contributed by atoms with van der Waals surface area (Å²) in [6.07, 6.45) is 7.67. The molecule has 0 bridgehead atoms. The molecule has 0 aliphatic heterocycles. The van der Waals surface area contributed by atoms with Crippen LogP contribution < -0.4 is 0 Å². The van der Waals surface area contributed by atoms with Crippen molar-refractivity contribution in [2.24, 2.45) is 0 Å². The number of hydrogen-bond acceptors (Lipinski definition) is 2. The molecule has 1 aromatic heterocycles. The third kappa shape index (κ3) is 2.47. The summed E-state index contributed by atoms with van der Waals surface area (Å²) < 4.78 is 0. The van der Waals surface area contributed by atoms with E-state index in [1.165, 1.54) is 47.4 Å². The lowest BCUT2D eigenvalue weighted by Gasteiger charge is -2.22. The van der Waals surface area contributed by atoms with Crippen LogP contribution >= 0.6 is 11.3 Å². The first-order chi connectivity index (χ1) is 8.15. The van der Waals surface area contributed by atoms with Crippen LogP contribution in [0.1, 0.15) is 83.5 Å². The maximum Gasteiger partial charge on any atom is 0.151 e. The summed E-state index contributed by atoms with van der Waals surface area (Å²) in [6.45, 7) is 6.55. The Kier molecular flexibility index (Phi) is 4.03. The Labute approximate surface area is 108 Å². The van der Waals surface area contributed by atoms with Crippen molar-refractivity contribution in [3.05, 3.63) is 20.9 Å². The van der Waals surface area contributed by atoms with Gasteiger partial charge < -0.3 is 0 Å². The maximum absolute atomic E-state index is 11.4. The Bertz CT molecular complexity index is 397. The second-order valence-electron chi connectivity index (χ2n) is 5.46. The highest BCUT2D eigenvalue weighted by Crippen LogP contribution is 2.42. The molecule has 1 saturated carbocycles. The molecule has 0 radical (unpaired) electrons. The number of carbonyl (C=O) groups is 1. The lowest BCUT2D eigenvalue weighted by Crippen LogP contribution is -2.07. The first-order valence-electron chi connectivity index (χ1n) is 6.73. The fourth-order valence-electron chi connectivity index (χ4n) is 3.05. The molecule has 1 nitrogen and oxygen atoms in total. The summed E-state index contributed by atoms with van der Waals surface area (Å²) in [7, 11) is 0. The van der Waals surface area contributed by atoms with Gasteiger partial charge in [-0.3, -0.25) is 4.79 Å². The standard InChI is InChI=1S/C15H22OS/c1-10(2)15-13(9-16)14(11(3)17-15)12-7-5-4-6-8-12/h9-10,12H,4-8H2,1-3H3. The monoisotopic (exact) mass is 250 g/mol. The van der Waals surface area contributed by atoms with Crippen molar-refractivity contribution < 1.29 is 4.79 Å². The molecule has 0 N–H and O–H groups in total. The van der Waals surface area contributed by atoms with Gasteiger partial charge in [0.25, 0.3) is 0 Å². The Hall–Kier alpha value is -0.630. The van der Waals surface area contributed by atoms with Crippen LogP contribution in [0, 0.1) is 6.92 Å². The van der Waals surface area contributed by atoms with E-state index in [9.17, 15) is 4.79 Å². The molecule has 0 atom stereocenters. The highest BCUT2D eigenvalue weighted by molar-refractivity contribution is 7.12. The average molecular weight is 250 g/mol. The summed E-state index contributed by atoms with van der Waals surface area (Å²) in [5, 5.41) is 0. The van der Waals surface area contributed by atoms with Gasteiger partial charge in [0.2, 0.25) is 0 Å². The molecule has 1 aliphatic carbocycles. The first kappa shape index (κ1) is 12.8. The van der Waals surface area contributed by atoms with Crippen LogP contribution in [0.3, 0.4) is 0 Å². The molecule has 0 saturated heterocycles. The molecule has 1 heterocycles. The van der Waals surface area contributed by atoms with Crippen LogP contribution in [0.25, 0.3) is 0 Å². The summed E-state index contributed by atoms with van der Waals surface area (Å²) in [5.41, 5.74) is 2.41. The largest absolute Gasteiger partial charge is 0.298 e. The van der Waals surface area contributed by atoms with Crippen LogP contribution in [0.2, 0.25) is 0 Å². The Morgan fingerprint density at radius 2 is 1.88 bits per heavy atom. The first-order valence-corrected chi connectivity index (χ1v) is 7.55.